The minimum atomic E-state index is -0.262. The van der Waals surface area contributed by atoms with Crippen LogP contribution in [-0.2, 0) is 0 Å². The number of fused-ring (bicyclic) bond motifs is 3. The van der Waals surface area contributed by atoms with E-state index in [0.717, 1.165) is 24.8 Å². The number of pyridine rings is 1. The Bertz CT molecular complexity index is 544. The number of nitrogens with zero attached hydrogens (tertiary/aromatic N) is 2. The van der Waals surface area contributed by atoms with Gasteiger partial charge in [0, 0.05) is 5.41 Å². The van der Waals surface area contributed by atoms with Crippen molar-refractivity contribution in [2.75, 3.05) is 0 Å². The standard InChI is InChI=1S/C14H14N2O/c1-14-7-3-2-4-11(14)10-6-5-9(8-15)16-12(10)13(14)17/h5-6,11H,2-4,7H2,1H3. The highest BCUT2D eigenvalue weighted by Crippen LogP contribution is 2.54. The first-order chi connectivity index (χ1) is 8.16. The molecule has 0 spiro atoms. The van der Waals surface area contributed by atoms with Crippen LogP contribution in [-0.4, -0.2) is 10.8 Å². The first-order valence-corrected chi connectivity index (χ1v) is 6.12. The third-order valence-electron chi connectivity index (χ3n) is 4.36. The van der Waals surface area contributed by atoms with E-state index in [9.17, 15) is 4.79 Å². The van der Waals surface area contributed by atoms with Crippen molar-refractivity contribution >= 4 is 5.78 Å². The van der Waals surface area contributed by atoms with Crippen LogP contribution in [0.1, 0.15) is 60.3 Å². The zero-order valence-electron chi connectivity index (χ0n) is 9.86. The largest absolute Gasteiger partial charge is 0.292 e. The molecular weight excluding hydrogens is 212 g/mol. The van der Waals surface area contributed by atoms with E-state index in [-0.39, 0.29) is 11.2 Å². The summed E-state index contributed by atoms with van der Waals surface area (Å²) in [5.74, 6) is 0.466. The fourth-order valence-corrected chi connectivity index (χ4v) is 3.37. The van der Waals surface area contributed by atoms with Gasteiger partial charge >= 0.3 is 0 Å². The van der Waals surface area contributed by atoms with Gasteiger partial charge in [-0.15, -0.1) is 0 Å². The average molecular weight is 226 g/mol. The van der Waals surface area contributed by atoms with Crippen LogP contribution in [0.5, 0.6) is 0 Å². The number of carbonyl (C=O) groups excluding carboxylic acids is 1. The summed E-state index contributed by atoms with van der Waals surface area (Å²) < 4.78 is 0. The van der Waals surface area contributed by atoms with Gasteiger partial charge in [-0.25, -0.2) is 4.98 Å². The molecular formula is C14H14N2O. The van der Waals surface area contributed by atoms with Crippen molar-refractivity contribution in [3.63, 3.8) is 0 Å². The maximum absolute atomic E-state index is 12.4. The summed E-state index contributed by atoms with van der Waals surface area (Å²) in [7, 11) is 0. The normalized spacial score (nSPS) is 30.6. The lowest BCUT2D eigenvalue weighted by molar-refractivity contribution is 0.0744. The van der Waals surface area contributed by atoms with Gasteiger partial charge in [-0.1, -0.05) is 25.8 Å². The van der Waals surface area contributed by atoms with Crippen LogP contribution in [0.2, 0.25) is 0 Å². The smallest absolute Gasteiger partial charge is 0.187 e. The van der Waals surface area contributed by atoms with E-state index < -0.39 is 0 Å². The molecule has 17 heavy (non-hydrogen) atoms. The maximum atomic E-state index is 12.4. The molecule has 0 bridgehead atoms. The van der Waals surface area contributed by atoms with Gasteiger partial charge in [0.05, 0.1) is 0 Å². The molecule has 0 aliphatic heterocycles. The summed E-state index contributed by atoms with van der Waals surface area (Å²) >= 11 is 0. The molecule has 2 unspecified atom stereocenters. The van der Waals surface area contributed by atoms with Gasteiger partial charge in [-0.2, -0.15) is 5.26 Å². The molecule has 86 valence electrons. The SMILES string of the molecule is CC12CCCCC1c1ccc(C#N)nc1C2=O. The van der Waals surface area contributed by atoms with E-state index in [4.69, 9.17) is 5.26 Å². The maximum Gasteiger partial charge on any atom is 0.187 e. The van der Waals surface area contributed by atoms with Gasteiger partial charge in [0.25, 0.3) is 0 Å². The Kier molecular flexibility index (Phi) is 2.09. The first kappa shape index (κ1) is 10.5. The molecule has 0 aromatic carbocycles. The molecule has 3 heteroatoms. The molecule has 0 amide bonds. The Balaban J connectivity index is 2.17. The lowest BCUT2D eigenvalue weighted by Gasteiger charge is -2.34. The van der Waals surface area contributed by atoms with Crippen molar-refractivity contribution in [3.05, 3.63) is 29.1 Å². The Hall–Kier alpha value is -1.69. The molecule has 1 saturated carbocycles. The lowest BCUT2D eigenvalue weighted by atomic mass is 9.68. The van der Waals surface area contributed by atoms with Gasteiger partial charge in [-0.05, 0) is 30.4 Å². The van der Waals surface area contributed by atoms with Crippen LogP contribution < -0.4 is 0 Å². The molecule has 3 rings (SSSR count). The molecule has 0 radical (unpaired) electrons. The molecule has 0 saturated heterocycles. The number of aromatic nitrogens is 1. The van der Waals surface area contributed by atoms with Crippen molar-refractivity contribution in [1.29, 1.82) is 5.26 Å². The van der Waals surface area contributed by atoms with Crippen molar-refractivity contribution in [2.24, 2.45) is 5.41 Å². The third kappa shape index (κ3) is 1.27. The number of carbonyl (C=O) groups is 1. The Labute approximate surface area is 100 Å². The second-order valence-electron chi connectivity index (χ2n) is 5.29. The van der Waals surface area contributed by atoms with Crippen LogP contribution in [0.15, 0.2) is 12.1 Å². The van der Waals surface area contributed by atoms with Crippen LogP contribution in [0, 0.1) is 16.7 Å². The number of hydrogen-bond donors (Lipinski definition) is 0. The molecule has 2 aliphatic carbocycles. The van der Waals surface area contributed by atoms with Crippen molar-refractivity contribution in [3.8, 4) is 6.07 Å². The van der Waals surface area contributed by atoms with Crippen molar-refractivity contribution in [2.45, 2.75) is 38.5 Å². The highest BCUT2D eigenvalue weighted by Gasteiger charge is 2.51. The number of Topliss-reactive ketones (excluding diaryl/α,β-unsaturated/α-hetero) is 1. The minimum Gasteiger partial charge on any atom is -0.292 e. The van der Waals surface area contributed by atoms with E-state index in [2.05, 4.69) is 11.9 Å². The summed E-state index contributed by atoms with van der Waals surface area (Å²) in [6.07, 6.45) is 4.34. The Morgan fingerprint density at radius 1 is 1.47 bits per heavy atom. The van der Waals surface area contributed by atoms with Gasteiger partial charge < -0.3 is 0 Å². The summed E-state index contributed by atoms with van der Waals surface area (Å²) in [6.45, 7) is 2.06. The number of nitriles is 1. The fourth-order valence-electron chi connectivity index (χ4n) is 3.37. The van der Waals surface area contributed by atoms with Crippen LogP contribution in [0.3, 0.4) is 0 Å². The predicted octanol–water partition coefficient (Wildman–Crippen LogP) is 2.81. The number of rotatable bonds is 0. The average Bonchev–Trinajstić information content (AvgIpc) is 2.59. The fraction of sp³-hybridized carbons (Fsp3) is 0.500. The third-order valence-corrected chi connectivity index (χ3v) is 4.36. The zero-order valence-corrected chi connectivity index (χ0v) is 9.86. The lowest BCUT2D eigenvalue weighted by Crippen LogP contribution is -2.31. The second kappa shape index (κ2) is 3.40. The van der Waals surface area contributed by atoms with Crippen LogP contribution in [0.4, 0.5) is 0 Å². The summed E-state index contributed by atoms with van der Waals surface area (Å²) in [4.78, 5) is 16.7. The van der Waals surface area contributed by atoms with E-state index in [1.807, 2.05) is 12.1 Å². The number of hydrogen-bond acceptors (Lipinski definition) is 3. The van der Waals surface area contributed by atoms with Gasteiger partial charge in [-0.3, -0.25) is 4.79 Å². The molecule has 1 aromatic rings. The number of ketones is 1. The highest BCUT2D eigenvalue weighted by atomic mass is 16.1. The van der Waals surface area contributed by atoms with Gasteiger partial charge in [0.2, 0.25) is 0 Å². The summed E-state index contributed by atoms with van der Waals surface area (Å²) in [5, 5.41) is 8.85. The topological polar surface area (TPSA) is 53.8 Å². The van der Waals surface area contributed by atoms with Gasteiger partial charge in [0.1, 0.15) is 17.5 Å². The molecule has 1 heterocycles. The Morgan fingerprint density at radius 3 is 3.06 bits per heavy atom. The predicted molar refractivity (Wildman–Crippen MR) is 62.6 cm³/mol. The zero-order chi connectivity index (χ0) is 12.0. The second-order valence-corrected chi connectivity index (χ2v) is 5.29. The highest BCUT2D eigenvalue weighted by molar-refractivity contribution is 6.04. The molecule has 1 aromatic heterocycles. The van der Waals surface area contributed by atoms with Gasteiger partial charge in [0.15, 0.2) is 5.78 Å². The van der Waals surface area contributed by atoms with Crippen molar-refractivity contribution in [1.82, 2.24) is 4.98 Å². The van der Waals surface area contributed by atoms with Crippen molar-refractivity contribution < 1.29 is 4.79 Å². The minimum absolute atomic E-state index is 0.148. The molecule has 3 nitrogen and oxygen atoms in total. The molecule has 2 aliphatic rings. The van der Waals surface area contributed by atoms with E-state index >= 15 is 0 Å². The Morgan fingerprint density at radius 2 is 2.29 bits per heavy atom. The molecule has 1 fully saturated rings. The van der Waals surface area contributed by atoms with E-state index in [1.54, 1.807) is 6.07 Å². The van der Waals surface area contributed by atoms with E-state index in [1.165, 1.54) is 6.42 Å². The molecule has 2 atom stereocenters. The summed E-state index contributed by atoms with van der Waals surface area (Å²) in [6, 6.07) is 5.67. The molecule has 0 N–H and O–H groups in total. The summed E-state index contributed by atoms with van der Waals surface area (Å²) in [5.41, 5.74) is 1.70. The quantitative estimate of drug-likeness (QED) is 0.683. The monoisotopic (exact) mass is 226 g/mol. The van der Waals surface area contributed by atoms with Crippen LogP contribution >= 0.6 is 0 Å². The van der Waals surface area contributed by atoms with Crippen LogP contribution in [0.25, 0.3) is 0 Å². The first-order valence-electron chi connectivity index (χ1n) is 6.12. The van der Waals surface area contributed by atoms with E-state index in [0.29, 0.717) is 17.3 Å².